The lowest BCUT2D eigenvalue weighted by atomic mass is 10.1. The Morgan fingerprint density at radius 2 is 2.04 bits per heavy atom. The van der Waals surface area contributed by atoms with Gasteiger partial charge >= 0.3 is 6.18 Å². The van der Waals surface area contributed by atoms with Gasteiger partial charge in [0.1, 0.15) is 0 Å². The molecule has 0 saturated heterocycles. The van der Waals surface area contributed by atoms with Crippen LogP contribution in [-0.4, -0.2) is 21.3 Å². The van der Waals surface area contributed by atoms with Crippen molar-refractivity contribution in [1.82, 2.24) is 5.32 Å². The summed E-state index contributed by atoms with van der Waals surface area (Å²) < 4.78 is 68.1. The van der Waals surface area contributed by atoms with Crippen molar-refractivity contribution in [1.29, 1.82) is 5.26 Å². The summed E-state index contributed by atoms with van der Waals surface area (Å²) in [5.74, 6) is 0. The van der Waals surface area contributed by atoms with E-state index in [9.17, 15) is 21.6 Å². The lowest BCUT2D eigenvalue weighted by Gasteiger charge is -2.16. The van der Waals surface area contributed by atoms with E-state index in [0.717, 1.165) is 18.4 Å². The van der Waals surface area contributed by atoms with E-state index >= 15 is 0 Å². The molecule has 0 atom stereocenters. The van der Waals surface area contributed by atoms with Crippen molar-refractivity contribution in [3.8, 4) is 6.07 Å². The van der Waals surface area contributed by atoms with Crippen LogP contribution in [0.25, 0.3) is 0 Å². The molecule has 0 amide bonds. The van der Waals surface area contributed by atoms with Crippen LogP contribution in [0.5, 0.6) is 0 Å². The van der Waals surface area contributed by atoms with Crippen LogP contribution in [-0.2, 0) is 27.3 Å². The number of sulfone groups is 1. The zero-order valence-corrected chi connectivity index (χ0v) is 16.0. The van der Waals surface area contributed by atoms with Crippen LogP contribution in [0.2, 0.25) is 0 Å². The molecule has 0 aliphatic heterocycles. The summed E-state index contributed by atoms with van der Waals surface area (Å²) >= 11 is 0. The van der Waals surface area contributed by atoms with Crippen molar-refractivity contribution in [2.75, 3.05) is 12.9 Å². The number of benzene rings is 1. The van der Waals surface area contributed by atoms with E-state index in [4.69, 9.17) is 10.00 Å². The quantitative estimate of drug-likeness (QED) is 0.526. The van der Waals surface area contributed by atoms with Crippen LogP contribution in [0.4, 0.5) is 13.2 Å². The summed E-state index contributed by atoms with van der Waals surface area (Å²) in [4.78, 5) is -0.393. The number of hydrogen-bond acceptors (Lipinski definition) is 5. The van der Waals surface area contributed by atoms with E-state index in [0.29, 0.717) is 23.9 Å². The zero-order valence-electron chi connectivity index (χ0n) is 15.2. The van der Waals surface area contributed by atoms with Gasteiger partial charge < -0.3 is 10.1 Å². The summed E-state index contributed by atoms with van der Waals surface area (Å²) in [7, 11) is -3.76. The minimum Gasteiger partial charge on any atom is -0.501 e. The van der Waals surface area contributed by atoms with E-state index in [1.165, 1.54) is 6.26 Å². The van der Waals surface area contributed by atoms with E-state index in [1.54, 1.807) is 19.9 Å². The Kier molecular flexibility index (Phi) is 7.91. The predicted octanol–water partition coefficient (Wildman–Crippen LogP) is 3.94. The van der Waals surface area contributed by atoms with Crippen LogP contribution in [0.1, 0.15) is 31.4 Å². The molecule has 0 spiro atoms. The average molecular weight is 402 g/mol. The van der Waals surface area contributed by atoms with Crippen molar-refractivity contribution < 1.29 is 26.3 Å². The lowest BCUT2D eigenvalue weighted by Crippen LogP contribution is -2.18. The molecule has 0 aromatic heterocycles. The highest BCUT2D eigenvalue weighted by Crippen LogP contribution is 2.33. The summed E-state index contributed by atoms with van der Waals surface area (Å²) in [5.41, 5.74) is -0.0168. The van der Waals surface area contributed by atoms with Crippen LogP contribution >= 0.6 is 0 Å². The van der Waals surface area contributed by atoms with Crippen LogP contribution in [0.3, 0.4) is 0 Å². The molecule has 0 unspecified atom stereocenters. The van der Waals surface area contributed by atoms with Gasteiger partial charge in [-0.3, -0.25) is 0 Å². The summed E-state index contributed by atoms with van der Waals surface area (Å²) in [6, 6.07) is 4.90. The fourth-order valence-electron chi connectivity index (χ4n) is 2.17. The third-order valence-electron chi connectivity index (χ3n) is 3.64. The number of rotatable bonds is 8. The SMILES string of the molecule is CCO/C=C\C(CC#N)=C(\C)NCc1ccc(S(C)(=O)=O)cc1C(F)(F)F. The second-order valence-corrected chi connectivity index (χ2v) is 7.70. The van der Waals surface area contributed by atoms with Crippen molar-refractivity contribution in [2.45, 2.75) is 37.9 Å². The van der Waals surface area contributed by atoms with Crippen LogP contribution in [0.15, 0.2) is 46.7 Å². The maximum Gasteiger partial charge on any atom is 0.416 e. The van der Waals surface area contributed by atoms with E-state index in [2.05, 4.69) is 5.32 Å². The highest BCUT2D eigenvalue weighted by molar-refractivity contribution is 7.90. The first-order chi connectivity index (χ1) is 12.5. The van der Waals surface area contributed by atoms with Crippen molar-refractivity contribution in [2.24, 2.45) is 0 Å². The van der Waals surface area contributed by atoms with Gasteiger partial charge in [0.05, 0.1) is 35.8 Å². The molecule has 0 radical (unpaired) electrons. The van der Waals surface area contributed by atoms with E-state index in [1.807, 2.05) is 6.07 Å². The highest BCUT2D eigenvalue weighted by atomic mass is 32.2. The van der Waals surface area contributed by atoms with Gasteiger partial charge in [0.15, 0.2) is 9.84 Å². The number of hydrogen-bond donors (Lipinski definition) is 1. The molecular weight excluding hydrogens is 381 g/mol. The first-order valence-electron chi connectivity index (χ1n) is 7.99. The molecule has 27 heavy (non-hydrogen) atoms. The molecule has 9 heteroatoms. The molecule has 148 valence electrons. The number of nitrogens with zero attached hydrogens (tertiary/aromatic N) is 1. The summed E-state index contributed by atoms with van der Waals surface area (Å²) in [5, 5.41) is 11.7. The molecule has 5 nitrogen and oxygen atoms in total. The molecule has 1 rings (SSSR count). The Morgan fingerprint density at radius 1 is 1.37 bits per heavy atom. The fourth-order valence-corrected chi connectivity index (χ4v) is 2.82. The molecule has 1 N–H and O–H groups in total. The molecule has 0 aliphatic rings. The Labute approximate surface area is 157 Å². The number of ether oxygens (including phenoxy) is 1. The van der Waals surface area contributed by atoms with Gasteiger partial charge in [0, 0.05) is 18.5 Å². The number of allylic oxidation sites excluding steroid dienone is 3. The van der Waals surface area contributed by atoms with Crippen LogP contribution < -0.4 is 5.32 Å². The monoisotopic (exact) mass is 402 g/mol. The van der Waals surface area contributed by atoms with Gasteiger partial charge in [-0.15, -0.1) is 0 Å². The Bertz CT molecular complexity index is 867. The molecule has 0 saturated carbocycles. The topological polar surface area (TPSA) is 79.2 Å². The highest BCUT2D eigenvalue weighted by Gasteiger charge is 2.34. The van der Waals surface area contributed by atoms with Gasteiger partial charge in [0.2, 0.25) is 0 Å². The Morgan fingerprint density at radius 3 is 2.56 bits per heavy atom. The average Bonchev–Trinajstić information content (AvgIpc) is 2.57. The van der Waals surface area contributed by atoms with Gasteiger partial charge in [-0.25, -0.2) is 8.42 Å². The molecular formula is C18H21F3N2O3S. The Hall–Kier alpha value is -2.47. The van der Waals surface area contributed by atoms with Gasteiger partial charge in [-0.05, 0) is 43.2 Å². The standard InChI is InChI=1S/C18H21F3N2O3S/c1-4-26-10-8-14(7-9-22)13(2)23-12-15-5-6-16(27(3,24)25)11-17(15)18(19,20)21/h5-6,8,10-11,23H,4,7,12H2,1-3H3/b10-8-,14-13-. The molecule has 0 heterocycles. The summed E-state index contributed by atoms with van der Waals surface area (Å²) in [6.45, 7) is 3.70. The Balaban J connectivity index is 3.17. The van der Waals surface area contributed by atoms with Crippen molar-refractivity contribution in [3.63, 3.8) is 0 Å². The fraction of sp³-hybridized carbons (Fsp3) is 0.389. The zero-order chi connectivity index (χ0) is 20.7. The maximum absolute atomic E-state index is 13.3. The minimum absolute atomic E-state index is 0.0571. The first kappa shape index (κ1) is 22.6. The second-order valence-electron chi connectivity index (χ2n) is 5.69. The van der Waals surface area contributed by atoms with Crippen molar-refractivity contribution in [3.05, 3.63) is 52.9 Å². The van der Waals surface area contributed by atoms with Gasteiger partial charge in [0.25, 0.3) is 0 Å². The predicted molar refractivity (Wildman–Crippen MR) is 95.1 cm³/mol. The normalized spacial score (nSPS) is 13.2. The van der Waals surface area contributed by atoms with E-state index < -0.39 is 26.5 Å². The third-order valence-corrected chi connectivity index (χ3v) is 4.75. The second kappa shape index (κ2) is 9.46. The molecule has 0 fully saturated rings. The molecule has 0 aliphatic carbocycles. The molecule has 0 bridgehead atoms. The number of nitriles is 1. The first-order valence-corrected chi connectivity index (χ1v) is 9.88. The molecule has 1 aromatic carbocycles. The van der Waals surface area contributed by atoms with Gasteiger partial charge in [-0.2, -0.15) is 18.4 Å². The van der Waals surface area contributed by atoms with E-state index in [-0.39, 0.29) is 18.5 Å². The number of halogens is 3. The molecule has 1 aromatic rings. The summed E-state index contributed by atoms with van der Waals surface area (Å²) in [6.07, 6.45) is -0.792. The third kappa shape index (κ3) is 6.98. The number of nitrogens with one attached hydrogen (secondary N) is 1. The van der Waals surface area contributed by atoms with Gasteiger partial charge in [-0.1, -0.05) is 6.07 Å². The largest absolute Gasteiger partial charge is 0.501 e. The lowest BCUT2D eigenvalue weighted by molar-refractivity contribution is -0.138. The number of alkyl halides is 3. The maximum atomic E-state index is 13.3. The smallest absolute Gasteiger partial charge is 0.416 e. The van der Waals surface area contributed by atoms with Crippen molar-refractivity contribution >= 4 is 9.84 Å². The minimum atomic E-state index is -4.69. The van der Waals surface area contributed by atoms with Crippen LogP contribution in [0, 0.1) is 11.3 Å².